The van der Waals surface area contributed by atoms with Gasteiger partial charge in [-0.15, -0.1) is 0 Å². The average Bonchev–Trinajstić information content (AvgIpc) is 1.80. The lowest BCUT2D eigenvalue weighted by atomic mass is 10.1. The summed E-state index contributed by atoms with van der Waals surface area (Å²) in [5.74, 6) is 0.223. The van der Waals surface area contributed by atoms with E-state index < -0.39 is 0 Å². The van der Waals surface area contributed by atoms with Gasteiger partial charge < -0.3 is 4.90 Å². The summed E-state index contributed by atoms with van der Waals surface area (Å²) in [7, 11) is 1.80. The quantitative estimate of drug-likeness (QED) is 0.475. The number of rotatable bonds is 0. The Balaban J connectivity index is 2.69. The monoisotopic (exact) mass is 125 g/mol. The molecule has 0 aromatic carbocycles. The molecular formula is C7H11NO. The van der Waals surface area contributed by atoms with Crippen LogP contribution in [-0.2, 0) is 4.79 Å². The SMILES string of the molecule is CC1=CN(C)C(=O)CC1. The molecule has 2 nitrogen and oxygen atoms in total. The Kier molecular flexibility index (Phi) is 1.56. The van der Waals surface area contributed by atoms with Crippen LogP contribution in [0.3, 0.4) is 0 Å². The number of nitrogens with zero attached hydrogens (tertiary/aromatic N) is 1. The average molecular weight is 125 g/mol. The van der Waals surface area contributed by atoms with Crippen molar-refractivity contribution in [3.63, 3.8) is 0 Å². The summed E-state index contributed by atoms with van der Waals surface area (Å²) in [6.07, 6.45) is 3.51. The molecule has 0 fully saturated rings. The predicted molar refractivity (Wildman–Crippen MR) is 35.8 cm³/mol. The number of allylic oxidation sites excluding steroid dienone is 1. The molecule has 0 aromatic heterocycles. The summed E-state index contributed by atoms with van der Waals surface area (Å²) in [5, 5.41) is 0. The molecule has 0 unspecified atom stereocenters. The topological polar surface area (TPSA) is 20.3 Å². The Labute approximate surface area is 55.2 Å². The van der Waals surface area contributed by atoms with E-state index >= 15 is 0 Å². The molecule has 0 N–H and O–H groups in total. The summed E-state index contributed by atoms with van der Waals surface area (Å²) < 4.78 is 0. The zero-order valence-corrected chi connectivity index (χ0v) is 5.85. The van der Waals surface area contributed by atoms with Crippen molar-refractivity contribution >= 4 is 5.91 Å². The standard InChI is InChI=1S/C7H11NO/c1-6-3-4-7(9)8(2)5-6/h5H,3-4H2,1-2H3. The van der Waals surface area contributed by atoms with Gasteiger partial charge in [0.15, 0.2) is 0 Å². The van der Waals surface area contributed by atoms with Crippen LogP contribution in [0.25, 0.3) is 0 Å². The Morgan fingerprint density at radius 3 is 2.67 bits per heavy atom. The van der Waals surface area contributed by atoms with Crippen molar-refractivity contribution in [1.29, 1.82) is 0 Å². The van der Waals surface area contributed by atoms with Gasteiger partial charge in [0.1, 0.15) is 0 Å². The van der Waals surface area contributed by atoms with Crippen LogP contribution in [0.5, 0.6) is 0 Å². The van der Waals surface area contributed by atoms with Crippen molar-refractivity contribution < 1.29 is 4.79 Å². The van der Waals surface area contributed by atoms with Crippen LogP contribution in [0.4, 0.5) is 0 Å². The number of hydrogen-bond acceptors (Lipinski definition) is 1. The molecular weight excluding hydrogens is 114 g/mol. The lowest BCUT2D eigenvalue weighted by Crippen LogP contribution is -2.24. The highest BCUT2D eigenvalue weighted by atomic mass is 16.2. The highest BCUT2D eigenvalue weighted by Crippen LogP contribution is 2.12. The first-order chi connectivity index (χ1) is 4.20. The maximum atomic E-state index is 10.8. The molecule has 0 saturated heterocycles. The number of carbonyl (C=O) groups excluding carboxylic acids is 1. The van der Waals surface area contributed by atoms with Crippen LogP contribution >= 0.6 is 0 Å². The van der Waals surface area contributed by atoms with Gasteiger partial charge in [-0.2, -0.15) is 0 Å². The predicted octanol–water partition coefficient (Wildman–Crippen LogP) is 1.14. The van der Waals surface area contributed by atoms with Crippen LogP contribution in [-0.4, -0.2) is 17.9 Å². The third kappa shape index (κ3) is 1.31. The first-order valence-electron chi connectivity index (χ1n) is 3.13. The molecule has 1 rings (SSSR count). The van der Waals surface area contributed by atoms with Crippen LogP contribution in [0.1, 0.15) is 19.8 Å². The first-order valence-corrected chi connectivity index (χ1v) is 3.13. The maximum absolute atomic E-state index is 10.8. The van der Waals surface area contributed by atoms with Crippen LogP contribution in [0, 0.1) is 0 Å². The smallest absolute Gasteiger partial charge is 0.226 e. The van der Waals surface area contributed by atoms with E-state index in [9.17, 15) is 4.79 Å². The third-order valence-corrected chi connectivity index (χ3v) is 1.54. The van der Waals surface area contributed by atoms with E-state index in [-0.39, 0.29) is 5.91 Å². The van der Waals surface area contributed by atoms with Gasteiger partial charge in [-0.05, 0) is 13.3 Å². The Morgan fingerprint density at radius 2 is 2.22 bits per heavy atom. The molecule has 1 aliphatic rings. The molecule has 0 bridgehead atoms. The fourth-order valence-electron chi connectivity index (χ4n) is 0.948. The molecule has 0 aliphatic carbocycles. The largest absolute Gasteiger partial charge is 0.322 e. The lowest BCUT2D eigenvalue weighted by molar-refractivity contribution is -0.128. The second kappa shape index (κ2) is 2.21. The summed E-state index contributed by atoms with van der Waals surface area (Å²) >= 11 is 0. The van der Waals surface area contributed by atoms with Crippen molar-refractivity contribution in [2.24, 2.45) is 0 Å². The number of hydrogen-bond donors (Lipinski definition) is 0. The van der Waals surface area contributed by atoms with E-state index in [4.69, 9.17) is 0 Å². The van der Waals surface area contributed by atoms with E-state index in [1.807, 2.05) is 13.1 Å². The second-order valence-electron chi connectivity index (χ2n) is 2.48. The van der Waals surface area contributed by atoms with Gasteiger partial charge >= 0.3 is 0 Å². The number of carbonyl (C=O) groups is 1. The van der Waals surface area contributed by atoms with Gasteiger partial charge in [-0.1, -0.05) is 5.57 Å². The maximum Gasteiger partial charge on any atom is 0.226 e. The summed E-state index contributed by atoms with van der Waals surface area (Å²) in [6, 6.07) is 0. The number of amides is 1. The molecule has 1 aliphatic heterocycles. The Bertz CT molecular complexity index is 160. The molecule has 1 amide bonds. The molecule has 0 aromatic rings. The van der Waals surface area contributed by atoms with E-state index in [0.29, 0.717) is 6.42 Å². The summed E-state index contributed by atoms with van der Waals surface area (Å²) in [4.78, 5) is 12.5. The molecule has 50 valence electrons. The highest BCUT2D eigenvalue weighted by Gasteiger charge is 2.11. The minimum atomic E-state index is 0.223. The minimum Gasteiger partial charge on any atom is -0.322 e. The van der Waals surface area contributed by atoms with Gasteiger partial charge in [0.25, 0.3) is 0 Å². The molecule has 0 saturated carbocycles. The summed E-state index contributed by atoms with van der Waals surface area (Å²) in [5.41, 5.74) is 1.29. The second-order valence-corrected chi connectivity index (χ2v) is 2.48. The van der Waals surface area contributed by atoms with Crippen molar-refractivity contribution in [3.8, 4) is 0 Å². The highest BCUT2D eigenvalue weighted by molar-refractivity contribution is 5.78. The molecule has 1 heterocycles. The first kappa shape index (κ1) is 6.33. The summed E-state index contributed by atoms with van der Waals surface area (Å²) in [6.45, 7) is 2.04. The zero-order valence-electron chi connectivity index (χ0n) is 5.85. The normalized spacial score (nSPS) is 20.0. The van der Waals surface area contributed by atoms with Gasteiger partial charge in [-0.25, -0.2) is 0 Å². The fourth-order valence-corrected chi connectivity index (χ4v) is 0.948. The molecule has 0 radical (unpaired) electrons. The zero-order chi connectivity index (χ0) is 6.85. The third-order valence-electron chi connectivity index (χ3n) is 1.54. The van der Waals surface area contributed by atoms with Crippen molar-refractivity contribution in [2.45, 2.75) is 19.8 Å². The van der Waals surface area contributed by atoms with Crippen LogP contribution in [0.2, 0.25) is 0 Å². The van der Waals surface area contributed by atoms with Gasteiger partial charge in [0.05, 0.1) is 0 Å². The van der Waals surface area contributed by atoms with Crippen molar-refractivity contribution in [2.75, 3.05) is 7.05 Å². The van der Waals surface area contributed by atoms with E-state index in [2.05, 4.69) is 0 Å². The molecule has 2 heteroatoms. The van der Waals surface area contributed by atoms with Crippen LogP contribution in [0.15, 0.2) is 11.8 Å². The van der Waals surface area contributed by atoms with Gasteiger partial charge in [0.2, 0.25) is 5.91 Å². The Hall–Kier alpha value is -0.790. The minimum absolute atomic E-state index is 0.223. The van der Waals surface area contributed by atoms with E-state index in [1.54, 1.807) is 11.9 Å². The van der Waals surface area contributed by atoms with E-state index in [0.717, 1.165) is 6.42 Å². The fraction of sp³-hybridized carbons (Fsp3) is 0.571. The van der Waals surface area contributed by atoms with Crippen molar-refractivity contribution in [1.82, 2.24) is 4.90 Å². The van der Waals surface area contributed by atoms with E-state index in [1.165, 1.54) is 5.57 Å². The molecule has 0 atom stereocenters. The van der Waals surface area contributed by atoms with Gasteiger partial charge in [-0.3, -0.25) is 4.79 Å². The van der Waals surface area contributed by atoms with Gasteiger partial charge in [0, 0.05) is 19.7 Å². The molecule has 9 heavy (non-hydrogen) atoms. The molecule has 0 spiro atoms. The van der Waals surface area contributed by atoms with Crippen LogP contribution < -0.4 is 0 Å². The lowest BCUT2D eigenvalue weighted by Gasteiger charge is -2.18. The Morgan fingerprint density at radius 1 is 1.56 bits per heavy atom. The van der Waals surface area contributed by atoms with Crippen molar-refractivity contribution in [3.05, 3.63) is 11.8 Å².